The van der Waals surface area contributed by atoms with Crippen LogP contribution in [0.4, 0.5) is 19.3 Å². The van der Waals surface area contributed by atoms with Gasteiger partial charge >= 0.3 is 6.03 Å². The predicted octanol–water partition coefficient (Wildman–Crippen LogP) is 1.04. The standard InChI is InChI=1S/C16H12F2N6O4S/c1-8(14-10(17)2-9(3-19)4-21-14)22-13(25)7-24-16(26)23-12-6-20-5-11(18)15(12)29(24,27)28/h2,4-6,8H,7H2,1H3,(H,22,25)(H,23,26)/t8-/m0/s1. The van der Waals surface area contributed by atoms with E-state index in [-0.39, 0.29) is 21.2 Å². The van der Waals surface area contributed by atoms with Crippen LogP contribution in [0.1, 0.15) is 24.2 Å². The molecule has 1 atom stereocenters. The number of sulfonamides is 1. The maximum Gasteiger partial charge on any atom is 0.336 e. The lowest BCUT2D eigenvalue weighted by Gasteiger charge is -2.28. The molecular weight excluding hydrogens is 410 g/mol. The number of halogens is 2. The lowest BCUT2D eigenvalue weighted by molar-refractivity contribution is -0.121. The fourth-order valence-electron chi connectivity index (χ4n) is 2.64. The number of carbonyl (C=O) groups is 2. The molecule has 0 unspecified atom stereocenters. The summed E-state index contributed by atoms with van der Waals surface area (Å²) in [6.45, 7) is 0.401. The number of amides is 3. The largest absolute Gasteiger partial charge is 0.346 e. The van der Waals surface area contributed by atoms with Crippen molar-refractivity contribution in [1.29, 1.82) is 5.26 Å². The van der Waals surface area contributed by atoms with Gasteiger partial charge < -0.3 is 10.6 Å². The Hall–Kier alpha value is -3.66. The number of nitrogens with one attached hydrogen (secondary N) is 2. The minimum atomic E-state index is -4.66. The van der Waals surface area contributed by atoms with Gasteiger partial charge in [0.25, 0.3) is 10.0 Å². The first-order valence-electron chi connectivity index (χ1n) is 7.97. The van der Waals surface area contributed by atoms with Crippen LogP contribution in [0.3, 0.4) is 0 Å². The number of nitrogens with zero attached hydrogens (tertiary/aromatic N) is 4. The van der Waals surface area contributed by atoms with Gasteiger partial charge in [-0.2, -0.15) is 5.26 Å². The van der Waals surface area contributed by atoms with Crippen LogP contribution in [-0.2, 0) is 14.8 Å². The second kappa shape index (κ2) is 7.40. The molecule has 150 valence electrons. The van der Waals surface area contributed by atoms with Crippen molar-refractivity contribution in [1.82, 2.24) is 19.6 Å². The summed E-state index contributed by atoms with van der Waals surface area (Å²) in [5, 5.41) is 13.2. The third kappa shape index (κ3) is 3.69. The molecule has 0 fully saturated rings. The molecule has 0 saturated heterocycles. The number of rotatable bonds is 4. The van der Waals surface area contributed by atoms with Crippen LogP contribution in [0, 0.1) is 23.0 Å². The van der Waals surface area contributed by atoms with Crippen molar-refractivity contribution in [3.8, 4) is 6.07 Å². The lowest BCUT2D eigenvalue weighted by Crippen LogP contribution is -2.49. The van der Waals surface area contributed by atoms with Crippen LogP contribution in [-0.4, -0.2) is 41.2 Å². The fraction of sp³-hybridized carbons (Fsp3) is 0.188. The van der Waals surface area contributed by atoms with Crippen LogP contribution in [0.2, 0.25) is 0 Å². The molecule has 0 radical (unpaired) electrons. The van der Waals surface area contributed by atoms with E-state index in [1.807, 2.05) is 0 Å². The van der Waals surface area contributed by atoms with Gasteiger partial charge in [0.1, 0.15) is 18.4 Å². The second-order valence-corrected chi connectivity index (χ2v) is 7.73. The number of urea groups is 1. The van der Waals surface area contributed by atoms with E-state index in [2.05, 4.69) is 20.6 Å². The monoisotopic (exact) mass is 422 g/mol. The van der Waals surface area contributed by atoms with Crippen molar-refractivity contribution in [2.75, 3.05) is 11.9 Å². The Balaban J connectivity index is 1.79. The molecule has 0 aromatic carbocycles. The van der Waals surface area contributed by atoms with Crippen molar-refractivity contribution in [3.63, 3.8) is 0 Å². The zero-order valence-corrected chi connectivity index (χ0v) is 15.5. The number of pyridine rings is 2. The third-order valence-corrected chi connectivity index (χ3v) is 5.75. The highest BCUT2D eigenvalue weighted by Crippen LogP contribution is 2.31. The van der Waals surface area contributed by atoms with Gasteiger partial charge in [-0.3, -0.25) is 14.8 Å². The fourth-order valence-corrected chi connectivity index (χ4v) is 4.09. The molecule has 0 aliphatic carbocycles. The first-order valence-corrected chi connectivity index (χ1v) is 9.41. The van der Waals surface area contributed by atoms with Crippen LogP contribution < -0.4 is 10.6 Å². The minimum absolute atomic E-state index is 0.0176. The lowest BCUT2D eigenvalue weighted by atomic mass is 10.1. The number of hydrogen-bond donors (Lipinski definition) is 2. The van der Waals surface area contributed by atoms with Crippen molar-refractivity contribution in [2.45, 2.75) is 17.9 Å². The Morgan fingerprint density at radius 3 is 2.72 bits per heavy atom. The predicted molar refractivity (Wildman–Crippen MR) is 92.6 cm³/mol. The normalized spacial score (nSPS) is 15.7. The summed E-state index contributed by atoms with van der Waals surface area (Å²) >= 11 is 0. The van der Waals surface area contributed by atoms with Crippen LogP contribution >= 0.6 is 0 Å². The summed E-state index contributed by atoms with van der Waals surface area (Å²) in [5.41, 5.74) is -0.550. The first-order chi connectivity index (χ1) is 13.6. The minimum Gasteiger partial charge on any atom is -0.346 e. The molecule has 10 nitrogen and oxygen atoms in total. The first kappa shape index (κ1) is 20.1. The summed E-state index contributed by atoms with van der Waals surface area (Å²) in [7, 11) is -4.66. The number of aromatic nitrogens is 2. The molecule has 0 bridgehead atoms. The van der Waals surface area contributed by atoms with Crippen LogP contribution in [0.25, 0.3) is 0 Å². The van der Waals surface area contributed by atoms with Crippen molar-refractivity contribution in [3.05, 3.63) is 47.5 Å². The van der Waals surface area contributed by atoms with Gasteiger partial charge in [0.15, 0.2) is 10.7 Å². The summed E-state index contributed by atoms with van der Waals surface area (Å²) in [5.74, 6) is -2.99. The number of fused-ring (bicyclic) bond motifs is 1. The maximum atomic E-state index is 14.0. The molecule has 13 heteroatoms. The highest BCUT2D eigenvalue weighted by Gasteiger charge is 2.40. The van der Waals surface area contributed by atoms with E-state index < -0.39 is 51.1 Å². The van der Waals surface area contributed by atoms with Gasteiger partial charge in [-0.1, -0.05) is 0 Å². The van der Waals surface area contributed by atoms with Crippen molar-refractivity contribution in [2.24, 2.45) is 0 Å². The quantitative estimate of drug-likeness (QED) is 0.749. The molecular formula is C16H12F2N6O4S. The summed E-state index contributed by atoms with van der Waals surface area (Å²) in [6, 6.07) is 0.473. The van der Waals surface area contributed by atoms with Gasteiger partial charge in [-0.15, -0.1) is 0 Å². The van der Waals surface area contributed by atoms with E-state index in [4.69, 9.17) is 5.26 Å². The molecule has 3 rings (SSSR count). The maximum absolute atomic E-state index is 14.0. The van der Waals surface area contributed by atoms with E-state index in [0.717, 1.165) is 18.5 Å². The summed E-state index contributed by atoms with van der Waals surface area (Å²) in [6.07, 6.45) is 2.73. The van der Waals surface area contributed by atoms with E-state index in [1.54, 1.807) is 6.07 Å². The molecule has 0 saturated carbocycles. The number of hydrogen-bond acceptors (Lipinski definition) is 7. The second-order valence-electron chi connectivity index (χ2n) is 5.93. The molecule has 1 aliphatic rings. The molecule has 2 aromatic heterocycles. The van der Waals surface area contributed by atoms with Gasteiger partial charge in [0, 0.05) is 6.20 Å². The smallest absolute Gasteiger partial charge is 0.336 e. The number of nitriles is 1. The summed E-state index contributed by atoms with van der Waals surface area (Å²) < 4.78 is 53.2. The Kier molecular flexibility index (Phi) is 5.12. The number of carbonyl (C=O) groups excluding carboxylic acids is 2. The van der Waals surface area contributed by atoms with Gasteiger partial charge in [-0.25, -0.2) is 26.3 Å². The Morgan fingerprint density at radius 2 is 2.07 bits per heavy atom. The molecule has 3 heterocycles. The SMILES string of the molecule is C[C@H](NC(=O)CN1C(=O)Nc2cncc(F)c2S1(=O)=O)c1ncc(C#N)cc1F. The van der Waals surface area contributed by atoms with Crippen molar-refractivity contribution < 1.29 is 26.8 Å². The molecule has 29 heavy (non-hydrogen) atoms. The van der Waals surface area contributed by atoms with Gasteiger partial charge in [0.2, 0.25) is 5.91 Å². The van der Waals surface area contributed by atoms with E-state index in [1.165, 1.54) is 6.92 Å². The van der Waals surface area contributed by atoms with E-state index >= 15 is 0 Å². The molecule has 2 N–H and O–H groups in total. The van der Waals surface area contributed by atoms with E-state index in [9.17, 15) is 26.8 Å². The highest BCUT2D eigenvalue weighted by atomic mass is 32.2. The average molecular weight is 422 g/mol. The summed E-state index contributed by atoms with van der Waals surface area (Å²) in [4.78, 5) is 30.8. The average Bonchev–Trinajstić information content (AvgIpc) is 2.64. The van der Waals surface area contributed by atoms with Crippen LogP contribution in [0.5, 0.6) is 0 Å². The Morgan fingerprint density at radius 1 is 1.34 bits per heavy atom. The highest BCUT2D eigenvalue weighted by molar-refractivity contribution is 7.90. The third-order valence-electron chi connectivity index (χ3n) is 3.94. The number of anilines is 1. The molecule has 3 amide bonds. The van der Waals surface area contributed by atoms with E-state index in [0.29, 0.717) is 6.20 Å². The topological polar surface area (TPSA) is 145 Å². The molecule has 1 aliphatic heterocycles. The molecule has 2 aromatic rings. The van der Waals surface area contributed by atoms with Gasteiger partial charge in [0.05, 0.1) is 35.4 Å². The zero-order valence-electron chi connectivity index (χ0n) is 14.7. The Bertz CT molecular complexity index is 1160. The van der Waals surface area contributed by atoms with Crippen molar-refractivity contribution >= 4 is 27.6 Å². The Labute approximate surface area is 163 Å². The molecule has 0 spiro atoms. The van der Waals surface area contributed by atoms with Crippen LogP contribution in [0.15, 0.2) is 29.6 Å². The zero-order chi connectivity index (χ0) is 21.3. The van der Waals surface area contributed by atoms with Gasteiger partial charge in [-0.05, 0) is 13.0 Å².